The van der Waals surface area contributed by atoms with Crippen molar-refractivity contribution in [3.05, 3.63) is 53.5 Å². The summed E-state index contributed by atoms with van der Waals surface area (Å²) >= 11 is 0. The first-order valence-corrected chi connectivity index (χ1v) is 11.3. The Morgan fingerprint density at radius 2 is 1.88 bits per heavy atom. The molecule has 3 heterocycles. The third-order valence-electron chi connectivity index (χ3n) is 5.87. The summed E-state index contributed by atoms with van der Waals surface area (Å²) < 4.78 is 10.3. The number of carbonyl (C=O) groups excluding carboxylic acids is 2. The number of rotatable bonds is 7. The lowest BCUT2D eigenvalue weighted by atomic mass is 9.97. The van der Waals surface area contributed by atoms with Crippen molar-refractivity contribution in [3.8, 4) is 0 Å². The minimum atomic E-state index is -0.519. The SMILES string of the molecule is CCc1ccc(Nc2nnc(C(=O)Nc3cnc(N4CCC(C(=O)OC)CC4)c(C)c3)o2)cc1. The Hall–Kier alpha value is -3.95. The Labute approximate surface area is 197 Å². The monoisotopic (exact) mass is 464 g/mol. The second kappa shape index (κ2) is 10.3. The summed E-state index contributed by atoms with van der Waals surface area (Å²) in [6.45, 7) is 5.46. The number of aryl methyl sites for hydroxylation is 2. The lowest BCUT2D eigenvalue weighted by Crippen LogP contribution is -2.37. The number of hydrogen-bond acceptors (Lipinski definition) is 9. The fraction of sp³-hybridized carbons (Fsp3) is 0.375. The van der Waals surface area contributed by atoms with Crippen LogP contribution < -0.4 is 15.5 Å². The van der Waals surface area contributed by atoms with Crippen LogP contribution in [0.2, 0.25) is 0 Å². The average Bonchev–Trinajstić information content (AvgIpc) is 3.33. The van der Waals surface area contributed by atoms with Gasteiger partial charge in [-0.3, -0.25) is 9.59 Å². The first kappa shape index (κ1) is 23.2. The van der Waals surface area contributed by atoms with Gasteiger partial charge in [0.05, 0.1) is 24.9 Å². The van der Waals surface area contributed by atoms with Crippen molar-refractivity contribution in [1.29, 1.82) is 0 Å². The molecule has 2 aromatic heterocycles. The van der Waals surface area contributed by atoms with Gasteiger partial charge in [0, 0.05) is 18.8 Å². The number of anilines is 4. The van der Waals surface area contributed by atoms with Gasteiger partial charge in [-0.15, -0.1) is 5.10 Å². The van der Waals surface area contributed by atoms with Crippen molar-refractivity contribution in [2.24, 2.45) is 5.92 Å². The van der Waals surface area contributed by atoms with Crippen LogP contribution in [0.3, 0.4) is 0 Å². The minimum absolute atomic E-state index is 0.0652. The molecule has 1 fully saturated rings. The molecule has 1 saturated heterocycles. The molecule has 1 amide bonds. The number of amides is 1. The molecule has 1 aliphatic rings. The second-order valence-electron chi connectivity index (χ2n) is 8.19. The van der Waals surface area contributed by atoms with Gasteiger partial charge in [0.15, 0.2) is 0 Å². The number of piperidine rings is 1. The predicted octanol–water partition coefficient (Wildman–Crippen LogP) is 3.72. The summed E-state index contributed by atoms with van der Waals surface area (Å²) in [7, 11) is 1.42. The highest BCUT2D eigenvalue weighted by atomic mass is 16.5. The van der Waals surface area contributed by atoms with Crippen LogP contribution in [0, 0.1) is 12.8 Å². The van der Waals surface area contributed by atoms with E-state index in [9.17, 15) is 9.59 Å². The molecular formula is C24H28N6O4. The zero-order valence-corrected chi connectivity index (χ0v) is 19.5. The molecule has 10 nitrogen and oxygen atoms in total. The number of benzene rings is 1. The number of hydrogen-bond donors (Lipinski definition) is 2. The van der Waals surface area contributed by atoms with Crippen LogP contribution in [-0.4, -0.2) is 47.3 Å². The molecule has 0 atom stereocenters. The fourth-order valence-corrected chi connectivity index (χ4v) is 3.96. The number of ether oxygens (including phenoxy) is 1. The standard InChI is InChI=1S/C24H28N6O4/c1-4-16-5-7-18(8-6-16)27-24-29-28-22(34-24)21(31)26-19-13-15(2)20(25-14-19)30-11-9-17(10-12-30)23(32)33-3/h5-8,13-14,17H,4,9-12H2,1-3H3,(H,26,31)(H,27,29). The molecule has 1 aliphatic heterocycles. The van der Waals surface area contributed by atoms with E-state index in [1.54, 1.807) is 6.20 Å². The Bertz CT molecular complexity index is 1150. The van der Waals surface area contributed by atoms with Gasteiger partial charge in [0.25, 0.3) is 0 Å². The van der Waals surface area contributed by atoms with Crippen LogP contribution in [0.5, 0.6) is 0 Å². The zero-order valence-electron chi connectivity index (χ0n) is 19.5. The number of aromatic nitrogens is 3. The van der Waals surface area contributed by atoms with E-state index in [2.05, 4.69) is 37.6 Å². The Morgan fingerprint density at radius 3 is 2.53 bits per heavy atom. The van der Waals surface area contributed by atoms with Crippen LogP contribution in [0.25, 0.3) is 0 Å². The maximum atomic E-state index is 12.6. The minimum Gasteiger partial charge on any atom is -0.469 e. The van der Waals surface area contributed by atoms with Gasteiger partial charge in [0.2, 0.25) is 0 Å². The molecular weight excluding hydrogens is 436 g/mol. The van der Waals surface area contributed by atoms with Gasteiger partial charge >= 0.3 is 23.8 Å². The Balaban J connectivity index is 1.35. The molecule has 0 aliphatic carbocycles. The molecule has 0 radical (unpaired) electrons. The van der Waals surface area contributed by atoms with E-state index in [4.69, 9.17) is 9.15 Å². The molecule has 3 aromatic rings. The maximum absolute atomic E-state index is 12.6. The lowest BCUT2D eigenvalue weighted by Gasteiger charge is -2.32. The number of methoxy groups -OCH3 is 1. The first-order valence-electron chi connectivity index (χ1n) is 11.3. The zero-order chi connectivity index (χ0) is 24.1. The number of nitrogens with zero attached hydrogens (tertiary/aromatic N) is 4. The van der Waals surface area contributed by atoms with E-state index in [-0.39, 0.29) is 23.8 Å². The van der Waals surface area contributed by atoms with Crippen LogP contribution in [-0.2, 0) is 16.0 Å². The van der Waals surface area contributed by atoms with Crippen molar-refractivity contribution in [1.82, 2.24) is 15.2 Å². The van der Waals surface area contributed by atoms with Crippen molar-refractivity contribution in [2.75, 3.05) is 35.7 Å². The maximum Gasteiger partial charge on any atom is 0.320 e. The van der Waals surface area contributed by atoms with Gasteiger partial charge in [-0.25, -0.2) is 4.98 Å². The van der Waals surface area contributed by atoms with E-state index >= 15 is 0 Å². The summed E-state index contributed by atoms with van der Waals surface area (Å²) in [5.74, 6) is -0.0607. The molecule has 34 heavy (non-hydrogen) atoms. The Morgan fingerprint density at radius 1 is 1.15 bits per heavy atom. The second-order valence-corrected chi connectivity index (χ2v) is 8.19. The van der Waals surface area contributed by atoms with Gasteiger partial charge in [-0.1, -0.05) is 24.2 Å². The third-order valence-corrected chi connectivity index (χ3v) is 5.87. The van der Waals surface area contributed by atoms with Crippen LogP contribution >= 0.6 is 0 Å². The molecule has 1 aromatic carbocycles. The van der Waals surface area contributed by atoms with Crippen LogP contribution in [0.1, 0.15) is 41.6 Å². The number of carbonyl (C=O) groups is 2. The molecule has 4 rings (SSSR count). The smallest absolute Gasteiger partial charge is 0.320 e. The summed E-state index contributed by atoms with van der Waals surface area (Å²) in [6, 6.07) is 9.82. The fourth-order valence-electron chi connectivity index (χ4n) is 3.96. The molecule has 0 bridgehead atoms. The van der Waals surface area contributed by atoms with E-state index in [0.29, 0.717) is 5.69 Å². The normalized spacial score (nSPS) is 14.0. The van der Waals surface area contributed by atoms with Gasteiger partial charge < -0.3 is 24.7 Å². The summed E-state index contributed by atoms with van der Waals surface area (Å²) in [4.78, 5) is 31.0. The summed E-state index contributed by atoms with van der Waals surface area (Å²) in [5.41, 5.74) is 3.45. The molecule has 0 unspecified atom stereocenters. The topological polar surface area (TPSA) is 122 Å². The van der Waals surface area contributed by atoms with E-state index in [1.807, 2.05) is 37.3 Å². The highest BCUT2D eigenvalue weighted by Gasteiger charge is 2.27. The van der Waals surface area contributed by atoms with Crippen LogP contribution in [0.15, 0.2) is 40.9 Å². The number of esters is 1. The van der Waals surface area contributed by atoms with Gasteiger partial charge in [-0.05, 0) is 55.5 Å². The molecule has 0 saturated carbocycles. The molecule has 10 heteroatoms. The quantitative estimate of drug-likeness (QED) is 0.504. The third kappa shape index (κ3) is 5.33. The molecule has 2 N–H and O–H groups in total. The highest BCUT2D eigenvalue weighted by molar-refractivity contribution is 6.01. The summed E-state index contributed by atoms with van der Waals surface area (Å²) in [5, 5.41) is 13.5. The van der Waals surface area contributed by atoms with Crippen molar-refractivity contribution in [3.63, 3.8) is 0 Å². The van der Waals surface area contributed by atoms with Gasteiger partial charge in [0.1, 0.15) is 5.82 Å². The average molecular weight is 465 g/mol. The number of pyridine rings is 1. The van der Waals surface area contributed by atoms with E-state index < -0.39 is 5.91 Å². The van der Waals surface area contributed by atoms with Crippen LogP contribution in [0.4, 0.5) is 23.2 Å². The van der Waals surface area contributed by atoms with Crippen molar-refractivity contribution in [2.45, 2.75) is 33.1 Å². The van der Waals surface area contributed by atoms with E-state index in [1.165, 1.54) is 12.7 Å². The first-order chi connectivity index (χ1) is 16.5. The van der Waals surface area contributed by atoms with Crippen molar-refractivity contribution < 1.29 is 18.7 Å². The summed E-state index contributed by atoms with van der Waals surface area (Å²) in [6.07, 6.45) is 4.00. The predicted molar refractivity (Wildman–Crippen MR) is 127 cm³/mol. The number of nitrogens with one attached hydrogen (secondary N) is 2. The Kier molecular flexibility index (Phi) is 7.05. The molecule has 178 valence electrons. The largest absolute Gasteiger partial charge is 0.469 e. The highest BCUT2D eigenvalue weighted by Crippen LogP contribution is 2.26. The molecule has 0 spiro atoms. The van der Waals surface area contributed by atoms with Crippen molar-refractivity contribution >= 4 is 35.1 Å². The van der Waals surface area contributed by atoms with Gasteiger partial charge in [-0.2, -0.15) is 0 Å². The van der Waals surface area contributed by atoms with E-state index in [0.717, 1.165) is 49.4 Å². The lowest BCUT2D eigenvalue weighted by molar-refractivity contribution is -0.146.